The summed E-state index contributed by atoms with van der Waals surface area (Å²) in [6, 6.07) is 0.595. The molecule has 0 aromatic rings. The molecule has 0 aliphatic carbocycles. The minimum atomic E-state index is 0.168. The van der Waals surface area contributed by atoms with E-state index in [1.807, 2.05) is 7.11 Å². The molecule has 0 bridgehead atoms. The first kappa shape index (κ1) is 28.9. The molecular formula is C24H46N2O4. The van der Waals surface area contributed by atoms with Crippen molar-refractivity contribution in [2.24, 2.45) is 5.92 Å². The number of hydrogen-bond donors (Lipinski definition) is 2. The van der Waals surface area contributed by atoms with Gasteiger partial charge in [0.15, 0.2) is 0 Å². The van der Waals surface area contributed by atoms with E-state index >= 15 is 0 Å². The fourth-order valence-corrected chi connectivity index (χ4v) is 4.26. The number of aliphatic hydroxyl groups excluding tert-OH is 1. The number of nitrogens with one attached hydrogen (secondary N) is 1. The van der Waals surface area contributed by atoms with Gasteiger partial charge in [-0.2, -0.15) is 0 Å². The number of hydrogen-bond acceptors (Lipinski definition) is 6. The van der Waals surface area contributed by atoms with Crippen LogP contribution in [0.2, 0.25) is 0 Å². The van der Waals surface area contributed by atoms with Gasteiger partial charge in [0, 0.05) is 46.8 Å². The molecule has 0 aromatic carbocycles. The SMILES string of the molecule is C#C.CCC(CCC1CC(CCN(C)C)=CN1)C1CC(OC)CC(COC)O1.CO. The number of rotatable bonds is 11. The van der Waals surface area contributed by atoms with Crippen molar-refractivity contribution in [3.05, 3.63) is 11.8 Å². The van der Waals surface area contributed by atoms with Crippen LogP contribution < -0.4 is 5.32 Å². The summed E-state index contributed by atoms with van der Waals surface area (Å²) >= 11 is 0. The third-order valence-electron chi connectivity index (χ3n) is 5.92. The van der Waals surface area contributed by atoms with Crippen molar-refractivity contribution in [1.29, 1.82) is 0 Å². The van der Waals surface area contributed by atoms with Gasteiger partial charge in [0.05, 0.1) is 24.9 Å². The molecule has 1 saturated heterocycles. The average Bonchev–Trinajstić information content (AvgIpc) is 3.23. The molecule has 0 amide bonds. The molecule has 6 heteroatoms. The lowest BCUT2D eigenvalue weighted by Gasteiger charge is -2.38. The summed E-state index contributed by atoms with van der Waals surface area (Å²) in [5.74, 6) is 0.597. The van der Waals surface area contributed by atoms with Crippen molar-refractivity contribution < 1.29 is 19.3 Å². The smallest absolute Gasteiger partial charge is 0.0836 e. The van der Waals surface area contributed by atoms with E-state index in [9.17, 15) is 0 Å². The van der Waals surface area contributed by atoms with Gasteiger partial charge in [0.2, 0.25) is 0 Å². The Labute approximate surface area is 185 Å². The maximum atomic E-state index is 7.00. The van der Waals surface area contributed by atoms with Crippen LogP contribution in [0.15, 0.2) is 11.8 Å². The fourth-order valence-electron chi connectivity index (χ4n) is 4.26. The average molecular weight is 427 g/mol. The molecule has 1 fully saturated rings. The van der Waals surface area contributed by atoms with Crippen molar-refractivity contribution in [3.8, 4) is 12.8 Å². The highest BCUT2D eigenvalue weighted by molar-refractivity contribution is 5.10. The summed E-state index contributed by atoms with van der Waals surface area (Å²) in [6.07, 6.45) is 18.9. The van der Waals surface area contributed by atoms with Crippen molar-refractivity contribution in [1.82, 2.24) is 10.2 Å². The van der Waals surface area contributed by atoms with E-state index in [2.05, 4.69) is 50.3 Å². The molecule has 2 N–H and O–H groups in total. The predicted octanol–water partition coefficient (Wildman–Crippen LogP) is 3.06. The monoisotopic (exact) mass is 426 g/mol. The minimum absolute atomic E-state index is 0.168. The standard InChI is InChI=1S/C21H40N2O3.C2H2.CH4O/c1-6-17(21-13-19(25-5)12-20(26-21)15-24-4)7-8-18-11-16(14-22-18)9-10-23(2)3;2*1-2/h14,17-22H,6-13,15H2,1-5H3;1-2H;2H,1H3. The van der Waals surface area contributed by atoms with E-state index < -0.39 is 0 Å². The Hall–Kier alpha value is -1.10. The van der Waals surface area contributed by atoms with Gasteiger partial charge in [-0.25, -0.2) is 0 Å². The van der Waals surface area contributed by atoms with E-state index in [1.54, 1.807) is 12.7 Å². The number of methoxy groups -OCH3 is 2. The Morgan fingerprint density at radius 1 is 1.27 bits per heavy atom. The molecule has 2 aliphatic heterocycles. The molecule has 0 radical (unpaired) electrons. The highest BCUT2D eigenvalue weighted by atomic mass is 16.5. The molecule has 0 aromatic heterocycles. The lowest BCUT2D eigenvalue weighted by molar-refractivity contribution is -0.143. The van der Waals surface area contributed by atoms with Gasteiger partial charge in [-0.3, -0.25) is 0 Å². The van der Waals surface area contributed by atoms with Gasteiger partial charge in [-0.1, -0.05) is 18.9 Å². The van der Waals surface area contributed by atoms with Gasteiger partial charge in [0.1, 0.15) is 0 Å². The van der Waals surface area contributed by atoms with E-state index in [0.717, 1.165) is 32.9 Å². The second-order valence-corrected chi connectivity index (χ2v) is 8.25. The van der Waals surface area contributed by atoms with Crippen LogP contribution in [-0.4, -0.2) is 82.9 Å². The lowest BCUT2D eigenvalue weighted by atomic mass is 9.86. The molecular weight excluding hydrogens is 380 g/mol. The van der Waals surface area contributed by atoms with Crippen LogP contribution in [0.3, 0.4) is 0 Å². The van der Waals surface area contributed by atoms with Crippen molar-refractivity contribution >= 4 is 0 Å². The Morgan fingerprint density at radius 2 is 1.97 bits per heavy atom. The zero-order chi connectivity index (χ0) is 22.9. The summed E-state index contributed by atoms with van der Waals surface area (Å²) in [7, 11) is 8.85. The topological polar surface area (TPSA) is 63.2 Å². The van der Waals surface area contributed by atoms with E-state index in [4.69, 9.17) is 19.3 Å². The first-order valence-electron chi connectivity index (χ1n) is 11.1. The highest BCUT2D eigenvalue weighted by Gasteiger charge is 2.34. The van der Waals surface area contributed by atoms with Gasteiger partial charge < -0.3 is 29.5 Å². The van der Waals surface area contributed by atoms with Crippen molar-refractivity contribution in [2.45, 2.75) is 76.2 Å². The second-order valence-electron chi connectivity index (χ2n) is 8.25. The number of ether oxygens (including phenoxy) is 3. The van der Waals surface area contributed by atoms with Crippen LogP contribution >= 0.6 is 0 Å². The first-order chi connectivity index (χ1) is 14.5. The molecule has 176 valence electrons. The zero-order valence-electron chi connectivity index (χ0n) is 20.1. The molecule has 2 heterocycles. The summed E-state index contributed by atoms with van der Waals surface area (Å²) in [5.41, 5.74) is 1.56. The number of nitrogens with zero attached hydrogens (tertiary/aromatic N) is 1. The molecule has 6 nitrogen and oxygen atoms in total. The summed E-state index contributed by atoms with van der Waals surface area (Å²) < 4.78 is 17.4. The largest absolute Gasteiger partial charge is 0.400 e. The summed E-state index contributed by atoms with van der Waals surface area (Å²) in [4.78, 5) is 2.25. The Morgan fingerprint density at radius 3 is 2.53 bits per heavy atom. The second kappa shape index (κ2) is 17.6. The number of aliphatic hydroxyl groups is 1. The van der Waals surface area contributed by atoms with E-state index in [-0.39, 0.29) is 6.10 Å². The third kappa shape index (κ3) is 10.8. The summed E-state index contributed by atoms with van der Waals surface area (Å²) in [5, 5.41) is 10.6. The normalized spacial score (nSPS) is 26.5. The quantitative estimate of drug-likeness (QED) is 0.495. The van der Waals surface area contributed by atoms with Gasteiger partial charge >= 0.3 is 0 Å². The molecule has 5 unspecified atom stereocenters. The Bertz CT molecular complexity index is 467. The predicted molar refractivity (Wildman–Crippen MR) is 124 cm³/mol. The highest BCUT2D eigenvalue weighted by Crippen LogP contribution is 2.32. The first-order valence-corrected chi connectivity index (χ1v) is 11.1. The molecule has 0 saturated carbocycles. The van der Waals surface area contributed by atoms with Gasteiger partial charge in [0.25, 0.3) is 0 Å². The van der Waals surface area contributed by atoms with Crippen molar-refractivity contribution in [3.63, 3.8) is 0 Å². The van der Waals surface area contributed by atoms with Gasteiger partial charge in [-0.05, 0) is 51.9 Å². The van der Waals surface area contributed by atoms with Crippen molar-refractivity contribution in [2.75, 3.05) is 48.6 Å². The molecule has 5 atom stereocenters. The van der Waals surface area contributed by atoms with Gasteiger partial charge in [-0.15, -0.1) is 12.8 Å². The maximum absolute atomic E-state index is 7.00. The van der Waals surface area contributed by atoms with Crippen LogP contribution in [0.4, 0.5) is 0 Å². The van der Waals surface area contributed by atoms with Crippen LogP contribution in [0.5, 0.6) is 0 Å². The van der Waals surface area contributed by atoms with Crippen LogP contribution in [0, 0.1) is 18.8 Å². The lowest BCUT2D eigenvalue weighted by Crippen LogP contribution is -2.42. The minimum Gasteiger partial charge on any atom is -0.400 e. The van der Waals surface area contributed by atoms with Crippen LogP contribution in [0.1, 0.15) is 51.9 Å². The Kier molecular flexibility index (Phi) is 16.9. The molecule has 30 heavy (non-hydrogen) atoms. The molecule has 0 spiro atoms. The van der Waals surface area contributed by atoms with Crippen LogP contribution in [-0.2, 0) is 14.2 Å². The van der Waals surface area contributed by atoms with E-state index in [1.165, 1.54) is 25.7 Å². The fraction of sp³-hybridized carbons (Fsp3) is 0.833. The summed E-state index contributed by atoms with van der Waals surface area (Å²) in [6.45, 7) is 4.09. The third-order valence-corrected chi connectivity index (χ3v) is 5.92. The maximum Gasteiger partial charge on any atom is 0.0836 e. The zero-order valence-corrected chi connectivity index (χ0v) is 20.1. The Balaban J connectivity index is 0.00000198. The molecule has 2 rings (SSSR count). The van der Waals surface area contributed by atoms with Crippen LogP contribution in [0.25, 0.3) is 0 Å². The molecule has 2 aliphatic rings. The number of terminal acetylenes is 1. The van der Waals surface area contributed by atoms with E-state index in [0.29, 0.717) is 30.8 Å².